The molecule has 3 rings (SSSR count). The maximum Gasteiger partial charge on any atom is -0.0809 e. The van der Waals surface area contributed by atoms with Gasteiger partial charge in [-0.2, -0.15) is 23.6 Å². The first-order valence-corrected chi connectivity index (χ1v) is 15.8. The van der Waals surface area contributed by atoms with Crippen LogP contribution in [-0.4, -0.2) is 21.3 Å². The summed E-state index contributed by atoms with van der Waals surface area (Å²) in [4.78, 5) is 0. The van der Waals surface area contributed by atoms with Crippen LogP contribution in [0.4, 0.5) is 0 Å². The van der Waals surface area contributed by atoms with Gasteiger partial charge in [0.2, 0.25) is 0 Å². The molecule has 158 valence electrons. The Morgan fingerprint density at radius 2 is 1.75 bits per heavy atom. The van der Waals surface area contributed by atoms with Crippen LogP contribution in [0.3, 0.4) is 0 Å². The molecule has 1 unspecified atom stereocenters. The van der Waals surface area contributed by atoms with E-state index in [9.17, 15) is 0 Å². The molecule has 0 saturated carbocycles. The van der Waals surface area contributed by atoms with Gasteiger partial charge in [0.25, 0.3) is 0 Å². The summed E-state index contributed by atoms with van der Waals surface area (Å²) in [6, 6.07) is 14.7. The van der Waals surface area contributed by atoms with Crippen molar-refractivity contribution in [3.05, 3.63) is 81.1 Å². The van der Waals surface area contributed by atoms with Crippen molar-refractivity contribution in [2.24, 2.45) is 0 Å². The van der Waals surface area contributed by atoms with E-state index in [-0.39, 0.29) is 39.7 Å². The summed E-state index contributed by atoms with van der Waals surface area (Å²) in [5, 5.41) is 2.66. The van der Waals surface area contributed by atoms with E-state index < -0.39 is 8.32 Å². The molecule has 0 aliphatic heterocycles. The molecule has 6 heteroatoms. The van der Waals surface area contributed by atoms with Gasteiger partial charge in [-0.25, -0.2) is 11.6 Å². The second-order valence-corrected chi connectivity index (χ2v) is 11.2. The van der Waals surface area contributed by atoms with Gasteiger partial charge < -0.3 is 19.3 Å². The summed E-state index contributed by atoms with van der Waals surface area (Å²) in [5.74, 6) is 0. The van der Waals surface area contributed by atoms with E-state index in [2.05, 4.69) is 94.1 Å². The third-order valence-corrected chi connectivity index (χ3v) is 4.49. The quantitative estimate of drug-likeness (QED) is 0.298. The fourth-order valence-corrected chi connectivity index (χ4v) is 3.91. The van der Waals surface area contributed by atoms with Crippen LogP contribution in [0.5, 0.6) is 0 Å². The molecule has 0 amide bonds. The minimum atomic E-state index is -1.36. The molecule has 2 aromatic rings. The molecule has 0 spiro atoms. The zero-order chi connectivity index (χ0) is 18.0. The van der Waals surface area contributed by atoms with E-state index in [1.54, 1.807) is 0 Å². The van der Waals surface area contributed by atoms with Crippen molar-refractivity contribution >= 4 is 50.8 Å². The summed E-state index contributed by atoms with van der Waals surface area (Å²) in [6.07, 6.45) is 9.96. The van der Waals surface area contributed by atoms with Crippen LogP contribution in [0.25, 0.3) is 10.8 Å². The van der Waals surface area contributed by atoms with Gasteiger partial charge in [-0.3, -0.25) is 6.08 Å². The number of rotatable bonds is 4. The number of benzene rings is 1. The van der Waals surface area contributed by atoms with E-state index in [1.165, 1.54) is 39.7 Å². The fraction of sp³-hybridized carbons (Fsp3) is 0.318. The Labute approximate surface area is 203 Å². The molecule has 0 aromatic heterocycles. The van der Waals surface area contributed by atoms with Crippen LogP contribution in [-0.2, 0) is 27.8 Å². The Bertz CT molecular complexity index is 648. The molecule has 1 atom stereocenters. The van der Waals surface area contributed by atoms with Crippen molar-refractivity contribution in [3.8, 4) is 0 Å². The van der Waals surface area contributed by atoms with Crippen LogP contribution < -0.4 is 0 Å². The predicted molar refractivity (Wildman–Crippen MR) is 132 cm³/mol. The molecule has 0 fully saturated rings. The molecule has 2 aromatic carbocycles. The van der Waals surface area contributed by atoms with Gasteiger partial charge in [-0.05, 0) is 33.0 Å². The van der Waals surface area contributed by atoms with Crippen molar-refractivity contribution in [3.63, 3.8) is 0 Å². The first-order valence-electron chi connectivity index (χ1n) is 8.23. The summed E-state index contributed by atoms with van der Waals surface area (Å²) in [5.41, 5.74) is 1.31. The molecule has 1 aliphatic rings. The van der Waals surface area contributed by atoms with E-state index >= 15 is 0 Å². The van der Waals surface area contributed by atoms with Crippen molar-refractivity contribution in [2.75, 3.05) is 0 Å². The Morgan fingerprint density at radius 1 is 1.14 bits per heavy atom. The van der Waals surface area contributed by atoms with E-state index in [4.69, 9.17) is 4.43 Å². The number of allylic oxidation sites excluding steroid dienone is 3. The van der Waals surface area contributed by atoms with Crippen molar-refractivity contribution in [2.45, 2.75) is 45.5 Å². The first-order chi connectivity index (χ1) is 11.4. The molecule has 2 radical (unpaired) electrons. The monoisotopic (exact) mass is 530 g/mol. The van der Waals surface area contributed by atoms with Gasteiger partial charge in [0, 0.05) is 6.10 Å². The predicted octanol–water partition coefficient (Wildman–Crippen LogP) is 7.23. The average molecular weight is 533 g/mol. The van der Waals surface area contributed by atoms with Crippen LogP contribution in [0, 0.1) is 20.9 Å². The second kappa shape index (κ2) is 19.1. The van der Waals surface area contributed by atoms with Crippen LogP contribution >= 0.6 is 24.8 Å². The van der Waals surface area contributed by atoms with E-state index in [0.29, 0.717) is 6.10 Å². The van der Waals surface area contributed by atoms with Crippen molar-refractivity contribution < 1.29 is 27.8 Å². The van der Waals surface area contributed by atoms with Crippen LogP contribution in [0.1, 0.15) is 19.8 Å². The molecule has 0 N–H and O–H groups in total. The summed E-state index contributed by atoms with van der Waals surface area (Å²) < 4.78 is 5.94. The van der Waals surface area contributed by atoms with E-state index in [1.807, 2.05) is 0 Å². The molecular formula is C22H34Cl2OSi2Zr-4. The second-order valence-electron chi connectivity index (χ2n) is 6.71. The van der Waals surface area contributed by atoms with Gasteiger partial charge in [0.15, 0.2) is 8.32 Å². The number of halogens is 2. The van der Waals surface area contributed by atoms with Gasteiger partial charge >= 0.3 is 30.2 Å². The third kappa shape index (κ3) is 15.1. The summed E-state index contributed by atoms with van der Waals surface area (Å²) in [6.45, 7) is 11.9. The van der Waals surface area contributed by atoms with Crippen LogP contribution in [0.2, 0.25) is 19.6 Å². The molecule has 0 bridgehead atoms. The summed E-state index contributed by atoms with van der Waals surface area (Å²) >= 11 is 1.36. The fourth-order valence-electron chi connectivity index (χ4n) is 2.62. The Morgan fingerprint density at radius 3 is 2.25 bits per heavy atom. The van der Waals surface area contributed by atoms with Gasteiger partial charge in [0.1, 0.15) is 0 Å². The van der Waals surface area contributed by atoms with Crippen molar-refractivity contribution in [1.82, 2.24) is 0 Å². The number of hydrogen-bond acceptors (Lipinski definition) is 1. The molecule has 1 nitrogen and oxygen atoms in total. The normalized spacial score (nSPS) is 12.2. The van der Waals surface area contributed by atoms with Gasteiger partial charge in [-0.1, -0.05) is 6.07 Å². The zero-order valence-electron chi connectivity index (χ0n) is 17.9. The Kier molecular flexibility index (Phi) is 24.3. The minimum absolute atomic E-state index is 0. The summed E-state index contributed by atoms with van der Waals surface area (Å²) in [7, 11) is -1.36. The van der Waals surface area contributed by atoms with Gasteiger partial charge in [-0.15, -0.1) is 60.9 Å². The molecule has 0 heterocycles. The largest absolute Gasteiger partial charge is 0.168 e. The molecule has 0 saturated heterocycles. The zero-order valence-corrected chi connectivity index (χ0v) is 24.0. The minimum Gasteiger partial charge on any atom is -0.168 e. The van der Waals surface area contributed by atoms with E-state index in [0.717, 1.165) is 12.8 Å². The topological polar surface area (TPSA) is 9.23 Å². The maximum absolute atomic E-state index is 5.94. The number of fused-ring (bicyclic) bond motifs is 1. The SMILES string of the molecule is CC(CC1=[C-]CC=C1)O[Si](C)(C)C.Cl.Cl.[CH3-].[CH3-].[Si]=[Zr].c1ccc2[cH-]ccc2c1. The molecule has 1 aliphatic carbocycles. The van der Waals surface area contributed by atoms with Gasteiger partial charge in [0.05, 0.1) is 0 Å². The Hall–Kier alpha value is 0.167. The third-order valence-electron chi connectivity index (χ3n) is 3.38. The average Bonchev–Trinajstić information content (AvgIpc) is 3.18. The molecule has 28 heavy (non-hydrogen) atoms. The smallest absolute Gasteiger partial charge is 0.0809 e. The Balaban J connectivity index is -0.000000172. The van der Waals surface area contributed by atoms with Crippen molar-refractivity contribution in [1.29, 1.82) is 0 Å². The number of hydrogen-bond donors (Lipinski definition) is 0. The molecular weight excluding hydrogens is 499 g/mol. The first kappa shape index (κ1) is 35.6. The van der Waals surface area contributed by atoms with Crippen LogP contribution in [0.15, 0.2) is 60.2 Å². The maximum atomic E-state index is 5.94. The standard InChI is InChI=1S/C11H19OSi.C9H7.2CH3.2ClH.Si.Zr/c1-10(12-13(2,3)4)9-11-7-5-6-8-11;1-2-5-9-7-3-6-8(9)4-1;;;;;;/h5,7,10H,6,9H2,1-4H3;1-7H;2*1H3;2*1H;;/q4*-1;;;;.